The number of hydrogen-bond acceptors (Lipinski definition) is 5. The van der Waals surface area contributed by atoms with Crippen molar-refractivity contribution in [1.29, 1.82) is 0 Å². The third kappa shape index (κ3) is 3.16. The van der Waals surface area contributed by atoms with E-state index in [1.54, 1.807) is 0 Å². The molecule has 2 aromatic rings. The number of anilines is 1. The summed E-state index contributed by atoms with van der Waals surface area (Å²) in [4.78, 5) is 8.33. The van der Waals surface area contributed by atoms with Crippen LogP contribution >= 0.6 is 0 Å². The molecule has 0 aliphatic heterocycles. The van der Waals surface area contributed by atoms with E-state index in [0.29, 0.717) is 12.4 Å². The number of nitrogens with one attached hydrogen (secondary N) is 1. The second-order valence-electron chi connectivity index (χ2n) is 4.30. The quantitative estimate of drug-likeness (QED) is 0.904. The molecular formula is C12H15N3O2S. The van der Waals surface area contributed by atoms with Crippen molar-refractivity contribution in [2.75, 3.05) is 23.9 Å². The van der Waals surface area contributed by atoms with Gasteiger partial charge >= 0.3 is 0 Å². The molecule has 0 radical (unpaired) electrons. The highest BCUT2D eigenvalue weighted by Crippen LogP contribution is 2.19. The second-order valence-corrected chi connectivity index (χ2v) is 6.56. The zero-order chi connectivity index (χ0) is 13.2. The smallest absolute Gasteiger partial charge is 0.149 e. The molecule has 96 valence electrons. The number of benzene rings is 1. The number of nitrogens with zero attached hydrogens (tertiary/aromatic N) is 2. The van der Waals surface area contributed by atoms with Crippen molar-refractivity contribution < 1.29 is 8.42 Å². The summed E-state index contributed by atoms with van der Waals surface area (Å²) in [5, 5.41) is 3.93. The molecule has 18 heavy (non-hydrogen) atoms. The largest absolute Gasteiger partial charge is 0.368 e. The van der Waals surface area contributed by atoms with Crippen LogP contribution in [-0.2, 0) is 9.84 Å². The maximum Gasteiger partial charge on any atom is 0.149 e. The molecule has 0 bridgehead atoms. The summed E-state index contributed by atoms with van der Waals surface area (Å²) in [6.45, 7) is 2.34. The van der Waals surface area contributed by atoms with E-state index < -0.39 is 9.84 Å². The van der Waals surface area contributed by atoms with Crippen LogP contribution in [0.4, 0.5) is 5.82 Å². The second kappa shape index (κ2) is 4.89. The normalized spacial score (nSPS) is 11.7. The Labute approximate surface area is 106 Å². The van der Waals surface area contributed by atoms with Crippen LogP contribution in [0.3, 0.4) is 0 Å². The molecule has 6 heteroatoms. The zero-order valence-corrected chi connectivity index (χ0v) is 11.2. The maximum atomic E-state index is 11.1. The van der Waals surface area contributed by atoms with Crippen molar-refractivity contribution in [3.05, 3.63) is 30.1 Å². The standard InChI is InChI=1S/C12H15N3O2S/c1-9-3-4-10-11(7-9)14-8-15-12(10)13-5-6-18(2,16)17/h3-4,7-8H,5-6H2,1-2H3,(H,13,14,15). The fourth-order valence-electron chi connectivity index (χ4n) is 1.66. The Balaban J connectivity index is 2.23. The van der Waals surface area contributed by atoms with E-state index in [0.717, 1.165) is 16.5 Å². The van der Waals surface area contributed by atoms with Gasteiger partial charge in [0.2, 0.25) is 0 Å². The summed E-state index contributed by atoms with van der Waals surface area (Å²) in [6, 6.07) is 5.89. The lowest BCUT2D eigenvalue weighted by Crippen LogP contribution is -2.15. The van der Waals surface area contributed by atoms with Crippen molar-refractivity contribution in [3.8, 4) is 0 Å². The molecule has 0 unspecified atom stereocenters. The van der Waals surface area contributed by atoms with Crippen LogP contribution in [0.25, 0.3) is 10.9 Å². The molecule has 0 atom stereocenters. The average Bonchev–Trinajstić information content (AvgIpc) is 2.27. The van der Waals surface area contributed by atoms with Crippen LogP contribution < -0.4 is 5.32 Å². The van der Waals surface area contributed by atoms with Gasteiger partial charge in [0, 0.05) is 18.2 Å². The molecule has 1 heterocycles. The highest BCUT2D eigenvalue weighted by molar-refractivity contribution is 7.90. The predicted molar refractivity (Wildman–Crippen MR) is 72.5 cm³/mol. The molecule has 1 N–H and O–H groups in total. The fourth-order valence-corrected chi connectivity index (χ4v) is 2.14. The lowest BCUT2D eigenvalue weighted by molar-refractivity contribution is 0.602. The first-order valence-electron chi connectivity index (χ1n) is 5.59. The van der Waals surface area contributed by atoms with Crippen LogP contribution in [-0.4, -0.2) is 36.9 Å². The first kappa shape index (κ1) is 12.8. The molecule has 0 aliphatic rings. The molecule has 1 aromatic carbocycles. The number of hydrogen-bond donors (Lipinski definition) is 1. The Morgan fingerprint density at radius 1 is 1.28 bits per heavy atom. The Bertz CT molecular complexity index is 668. The minimum absolute atomic E-state index is 0.0877. The molecule has 0 aliphatic carbocycles. The van der Waals surface area contributed by atoms with Crippen molar-refractivity contribution in [1.82, 2.24) is 9.97 Å². The van der Waals surface area contributed by atoms with E-state index in [9.17, 15) is 8.42 Å². The van der Waals surface area contributed by atoms with Gasteiger partial charge in [-0.3, -0.25) is 0 Å². The molecule has 5 nitrogen and oxygen atoms in total. The van der Waals surface area contributed by atoms with Crippen LogP contribution in [0, 0.1) is 6.92 Å². The van der Waals surface area contributed by atoms with E-state index in [-0.39, 0.29) is 5.75 Å². The topological polar surface area (TPSA) is 72.0 Å². The molecular weight excluding hydrogens is 250 g/mol. The third-order valence-corrected chi connectivity index (χ3v) is 3.50. The summed E-state index contributed by atoms with van der Waals surface area (Å²) < 4.78 is 22.1. The van der Waals surface area contributed by atoms with Crippen molar-refractivity contribution in [2.24, 2.45) is 0 Å². The summed E-state index contributed by atoms with van der Waals surface area (Å²) in [5.41, 5.74) is 1.98. The van der Waals surface area contributed by atoms with Gasteiger partial charge in [-0.2, -0.15) is 0 Å². The lowest BCUT2D eigenvalue weighted by atomic mass is 10.1. The van der Waals surface area contributed by atoms with Gasteiger partial charge in [0.15, 0.2) is 0 Å². The number of aromatic nitrogens is 2. The van der Waals surface area contributed by atoms with E-state index in [1.807, 2.05) is 25.1 Å². The molecule has 0 saturated heterocycles. The molecule has 2 rings (SSSR count). The van der Waals surface area contributed by atoms with E-state index in [2.05, 4.69) is 15.3 Å². The van der Waals surface area contributed by atoms with E-state index in [1.165, 1.54) is 12.6 Å². The van der Waals surface area contributed by atoms with Crippen molar-refractivity contribution in [2.45, 2.75) is 6.92 Å². The minimum Gasteiger partial charge on any atom is -0.368 e. The van der Waals surface area contributed by atoms with Crippen LogP contribution in [0.2, 0.25) is 0 Å². The van der Waals surface area contributed by atoms with Gasteiger partial charge in [0.25, 0.3) is 0 Å². The van der Waals surface area contributed by atoms with Gasteiger partial charge in [-0.05, 0) is 24.6 Å². The predicted octanol–water partition coefficient (Wildman–Crippen LogP) is 1.39. The van der Waals surface area contributed by atoms with Gasteiger partial charge in [-0.1, -0.05) is 6.07 Å². The lowest BCUT2D eigenvalue weighted by Gasteiger charge is -2.07. The minimum atomic E-state index is -2.96. The molecule has 0 saturated carbocycles. The molecule has 0 amide bonds. The first-order chi connectivity index (χ1) is 8.46. The van der Waals surface area contributed by atoms with E-state index >= 15 is 0 Å². The maximum absolute atomic E-state index is 11.1. The van der Waals surface area contributed by atoms with Crippen molar-refractivity contribution in [3.63, 3.8) is 0 Å². The summed E-state index contributed by atoms with van der Waals surface area (Å²) in [5.74, 6) is 0.758. The summed E-state index contributed by atoms with van der Waals surface area (Å²) in [6.07, 6.45) is 2.70. The van der Waals surface area contributed by atoms with Crippen LogP contribution in [0.5, 0.6) is 0 Å². The van der Waals surface area contributed by atoms with Gasteiger partial charge in [-0.25, -0.2) is 18.4 Å². The molecule has 1 aromatic heterocycles. The van der Waals surface area contributed by atoms with E-state index in [4.69, 9.17) is 0 Å². The van der Waals surface area contributed by atoms with Gasteiger partial charge in [0.05, 0.1) is 11.3 Å². The molecule has 0 spiro atoms. The summed E-state index contributed by atoms with van der Waals surface area (Å²) >= 11 is 0. The Morgan fingerprint density at radius 2 is 2.06 bits per heavy atom. The fraction of sp³-hybridized carbons (Fsp3) is 0.333. The van der Waals surface area contributed by atoms with Gasteiger partial charge < -0.3 is 5.32 Å². The monoisotopic (exact) mass is 265 g/mol. The summed E-state index contributed by atoms with van der Waals surface area (Å²) in [7, 11) is -2.96. The Morgan fingerprint density at radius 3 is 2.78 bits per heavy atom. The van der Waals surface area contributed by atoms with Gasteiger partial charge in [0.1, 0.15) is 22.0 Å². The van der Waals surface area contributed by atoms with Crippen LogP contribution in [0.15, 0.2) is 24.5 Å². The average molecular weight is 265 g/mol. The number of fused-ring (bicyclic) bond motifs is 1. The SMILES string of the molecule is Cc1ccc2c(NCCS(C)(=O)=O)ncnc2c1. The zero-order valence-electron chi connectivity index (χ0n) is 10.3. The number of aryl methyl sites for hydroxylation is 1. The third-order valence-electron chi connectivity index (χ3n) is 2.56. The number of sulfone groups is 1. The van der Waals surface area contributed by atoms with Gasteiger partial charge in [-0.15, -0.1) is 0 Å². The Kier molecular flexibility index (Phi) is 3.47. The first-order valence-corrected chi connectivity index (χ1v) is 7.65. The van der Waals surface area contributed by atoms with Crippen LogP contribution in [0.1, 0.15) is 5.56 Å². The van der Waals surface area contributed by atoms with Crippen molar-refractivity contribution >= 4 is 26.6 Å². The number of rotatable bonds is 4. The highest BCUT2D eigenvalue weighted by Gasteiger charge is 2.05. The molecule has 0 fully saturated rings. The highest BCUT2D eigenvalue weighted by atomic mass is 32.2. The Hall–Kier alpha value is -1.69.